The van der Waals surface area contributed by atoms with E-state index in [9.17, 15) is 0 Å². The van der Waals surface area contributed by atoms with Gasteiger partial charge >= 0.3 is 0 Å². The van der Waals surface area contributed by atoms with E-state index in [2.05, 4.69) is 41.5 Å². The van der Waals surface area contributed by atoms with Gasteiger partial charge in [0.2, 0.25) is 0 Å². The van der Waals surface area contributed by atoms with Crippen LogP contribution in [0.1, 0.15) is 11.1 Å². The largest absolute Gasteiger partial charge is 0.489 e. The first-order chi connectivity index (χ1) is 12.7. The first-order valence-electron chi connectivity index (χ1n) is 8.61. The summed E-state index contributed by atoms with van der Waals surface area (Å²) < 4.78 is 8.01. The van der Waals surface area contributed by atoms with Crippen LogP contribution in [0.25, 0.3) is 28.5 Å². The quantitative estimate of drug-likeness (QED) is 0.482. The Labute approximate surface area is 153 Å². The van der Waals surface area contributed by atoms with Gasteiger partial charge in [0.25, 0.3) is 0 Å². The molecule has 0 aliphatic carbocycles. The second kappa shape index (κ2) is 6.89. The molecule has 3 nitrogen and oxygen atoms in total. The predicted octanol–water partition coefficient (Wildman–Crippen LogP) is 5.46. The second-order valence-electron chi connectivity index (χ2n) is 6.24. The molecule has 0 unspecified atom stereocenters. The molecule has 1 heterocycles. The number of hydrogen-bond acceptors (Lipinski definition) is 2. The fraction of sp³-hybridized carbons (Fsp3) is 0.0870. The molecule has 0 radical (unpaired) electrons. The van der Waals surface area contributed by atoms with Gasteiger partial charge in [-0.15, -0.1) is 0 Å². The highest BCUT2D eigenvalue weighted by Crippen LogP contribution is 2.25. The van der Waals surface area contributed by atoms with Crippen molar-refractivity contribution in [3.05, 3.63) is 90.5 Å². The number of imidazole rings is 1. The van der Waals surface area contributed by atoms with Crippen molar-refractivity contribution in [1.82, 2.24) is 9.55 Å². The minimum Gasteiger partial charge on any atom is -0.489 e. The molecule has 1 aromatic heterocycles. The molecule has 0 N–H and O–H groups in total. The topological polar surface area (TPSA) is 27.1 Å². The van der Waals surface area contributed by atoms with Crippen LogP contribution in [0.4, 0.5) is 0 Å². The first kappa shape index (κ1) is 16.2. The van der Waals surface area contributed by atoms with Crippen LogP contribution in [-0.2, 0) is 13.7 Å². The van der Waals surface area contributed by atoms with Gasteiger partial charge in [0.15, 0.2) is 0 Å². The van der Waals surface area contributed by atoms with Crippen LogP contribution in [0.3, 0.4) is 0 Å². The average molecular weight is 340 g/mol. The molecular weight excluding hydrogens is 320 g/mol. The fourth-order valence-corrected chi connectivity index (χ4v) is 3.02. The highest BCUT2D eigenvalue weighted by molar-refractivity contribution is 5.80. The third kappa shape index (κ3) is 3.11. The molecule has 0 fully saturated rings. The van der Waals surface area contributed by atoms with Gasteiger partial charge in [-0.3, -0.25) is 0 Å². The van der Waals surface area contributed by atoms with Crippen LogP contribution in [0, 0.1) is 0 Å². The van der Waals surface area contributed by atoms with E-state index < -0.39 is 0 Å². The zero-order valence-electron chi connectivity index (χ0n) is 14.7. The average Bonchev–Trinajstić information content (AvgIpc) is 3.04. The van der Waals surface area contributed by atoms with Crippen molar-refractivity contribution in [2.24, 2.45) is 7.05 Å². The molecule has 128 valence electrons. The van der Waals surface area contributed by atoms with E-state index in [4.69, 9.17) is 9.72 Å². The summed E-state index contributed by atoms with van der Waals surface area (Å²) in [6.45, 7) is 4.31. The Hall–Kier alpha value is -3.33. The van der Waals surface area contributed by atoms with E-state index in [0.717, 1.165) is 39.3 Å². The molecule has 0 amide bonds. The third-order valence-corrected chi connectivity index (χ3v) is 4.52. The van der Waals surface area contributed by atoms with Crippen LogP contribution >= 0.6 is 0 Å². The fourth-order valence-electron chi connectivity index (χ4n) is 3.02. The first-order valence-corrected chi connectivity index (χ1v) is 8.61. The second-order valence-corrected chi connectivity index (χ2v) is 6.24. The summed E-state index contributed by atoms with van der Waals surface area (Å²) in [5.41, 5.74) is 5.46. The van der Waals surface area contributed by atoms with E-state index in [1.165, 1.54) is 0 Å². The van der Waals surface area contributed by atoms with Gasteiger partial charge in [0.1, 0.15) is 18.2 Å². The number of aromatic nitrogens is 2. The number of hydrogen-bond donors (Lipinski definition) is 0. The molecule has 3 aromatic carbocycles. The highest BCUT2D eigenvalue weighted by atomic mass is 16.5. The Bertz CT molecular complexity index is 1040. The van der Waals surface area contributed by atoms with Crippen molar-refractivity contribution >= 4 is 17.1 Å². The molecule has 0 spiro atoms. The number of benzene rings is 3. The van der Waals surface area contributed by atoms with Gasteiger partial charge in [-0.25, -0.2) is 4.98 Å². The Balaban J connectivity index is 1.50. The summed E-state index contributed by atoms with van der Waals surface area (Å²) in [6, 6.07) is 24.5. The minimum absolute atomic E-state index is 0.545. The van der Waals surface area contributed by atoms with Crippen LogP contribution in [0.2, 0.25) is 0 Å². The number of ether oxygens (including phenoxy) is 1. The molecular formula is C23H20N2O. The van der Waals surface area contributed by atoms with E-state index in [-0.39, 0.29) is 0 Å². The normalized spacial score (nSPS) is 10.8. The van der Waals surface area contributed by atoms with Crippen LogP contribution in [0.15, 0.2) is 79.4 Å². The third-order valence-electron chi connectivity index (χ3n) is 4.52. The molecule has 0 aliphatic rings. The lowest BCUT2D eigenvalue weighted by atomic mass is 10.1. The number of fused-ring (bicyclic) bond motifs is 1. The molecule has 4 rings (SSSR count). The summed E-state index contributed by atoms with van der Waals surface area (Å²) >= 11 is 0. The molecule has 3 heteroatoms. The van der Waals surface area contributed by atoms with Crippen molar-refractivity contribution in [2.45, 2.75) is 6.61 Å². The lowest BCUT2D eigenvalue weighted by molar-refractivity contribution is 0.306. The number of aryl methyl sites for hydroxylation is 1. The minimum atomic E-state index is 0.545. The Kier molecular flexibility index (Phi) is 4.28. The zero-order valence-corrected chi connectivity index (χ0v) is 14.7. The molecule has 0 aliphatic heterocycles. The van der Waals surface area contributed by atoms with Gasteiger partial charge in [-0.2, -0.15) is 0 Å². The maximum Gasteiger partial charge on any atom is 0.140 e. The molecule has 0 atom stereocenters. The molecule has 4 aromatic rings. The van der Waals surface area contributed by atoms with Crippen molar-refractivity contribution < 1.29 is 4.74 Å². The van der Waals surface area contributed by atoms with Gasteiger partial charge in [-0.05, 0) is 47.5 Å². The molecule has 26 heavy (non-hydrogen) atoms. The molecule has 0 bridgehead atoms. The van der Waals surface area contributed by atoms with Crippen molar-refractivity contribution in [3.8, 4) is 17.1 Å². The summed E-state index contributed by atoms with van der Waals surface area (Å²) in [7, 11) is 2.04. The zero-order chi connectivity index (χ0) is 17.9. The SMILES string of the molecule is C=Cc1ccc(COc2ccc(-c3nc4ccccc4n3C)cc2)cc1. The summed E-state index contributed by atoms with van der Waals surface area (Å²) in [5, 5.41) is 0. The van der Waals surface area contributed by atoms with E-state index in [1.54, 1.807) is 0 Å². The number of nitrogens with zero attached hydrogens (tertiary/aromatic N) is 2. The van der Waals surface area contributed by atoms with E-state index >= 15 is 0 Å². The highest BCUT2D eigenvalue weighted by Gasteiger charge is 2.09. The maximum atomic E-state index is 5.89. The summed E-state index contributed by atoms with van der Waals surface area (Å²) in [5.74, 6) is 1.80. The smallest absolute Gasteiger partial charge is 0.140 e. The molecule has 0 saturated carbocycles. The van der Waals surface area contributed by atoms with E-state index in [0.29, 0.717) is 6.61 Å². The van der Waals surface area contributed by atoms with E-state index in [1.807, 2.05) is 55.6 Å². The van der Waals surface area contributed by atoms with Gasteiger partial charge in [0, 0.05) is 12.6 Å². The number of rotatable bonds is 5. The van der Waals surface area contributed by atoms with Crippen molar-refractivity contribution in [1.29, 1.82) is 0 Å². The van der Waals surface area contributed by atoms with Crippen LogP contribution < -0.4 is 4.74 Å². The van der Waals surface area contributed by atoms with Gasteiger partial charge in [-0.1, -0.05) is 49.1 Å². The maximum absolute atomic E-state index is 5.89. The predicted molar refractivity (Wildman–Crippen MR) is 107 cm³/mol. The van der Waals surface area contributed by atoms with Crippen LogP contribution in [0.5, 0.6) is 5.75 Å². The molecule has 0 saturated heterocycles. The Morgan fingerprint density at radius 1 is 0.962 bits per heavy atom. The Morgan fingerprint density at radius 3 is 2.38 bits per heavy atom. The summed E-state index contributed by atoms with van der Waals surface area (Å²) in [6.07, 6.45) is 1.84. The monoisotopic (exact) mass is 340 g/mol. The lowest BCUT2D eigenvalue weighted by Crippen LogP contribution is -1.96. The van der Waals surface area contributed by atoms with Crippen LogP contribution in [-0.4, -0.2) is 9.55 Å². The standard InChI is InChI=1S/C23H20N2O/c1-3-17-8-10-18(11-9-17)16-26-20-14-12-19(13-15-20)23-24-21-6-4-5-7-22(21)25(23)2/h3-15H,1,16H2,2H3. The Morgan fingerprint density at radius 2 is 1.69 bits per heavy atom. The van der Waals surface area contributed by atoms with Crippen molar-refractivity contribution in [3.63, 3.8) is 0 Å². The number of para-hydroxylation sites is 2. The summed E-state index contributed by atoms with van der Waals surface area (Å²) in [4.78, 5) is 4.74. The van der Waals surface area contributed by atoms with Gasteiger partial charge in [0.05, 0.1) is 11.0 Å². The van der Waals surface area contributed by atoms with Gasteiger partial charge < -0.3 is 9.30 Å². The van der Waals surface area contributed by atoms with Crippen molar-refractivity contribution in [2.75, 3.05) is 0 Å². The lowest BCUT2D eigenvalue weighted by Gasteiger charge is -2.08.